The van der Waals surface area contributed by atoms with E-state index in [1.807, 2.05) is 0 Å². The lowest BCUT2D eigenvalue weighted by atomic mass is 9.91. The Morgan fingerprint density at radius 1 is 1.29 bits per heavy atom. The number of piperidine rings is 1. The molecule has 2 aliphatic rings. The fourth-order valence-electron chi connectivity index (χ4n) is 4.53. The normalized spacial score (nSPS) is 22.6. The van der Waals surface area contributed by atoms with Crippen molar-refractivity contribution in [1.82, 2.24) is 15.0 Å². The third-order valence-electron chi connectivity index (χ3n) is 6.25. The van der Waals surface area contributed by atoms with Crippen LogP contribution in [-0.4, -0.2) is 46.7 Å². The zero-order valence-electron chi connectivity index (χ0n) is 17.9. The predicted molar refractivity (Wildman–Crippen MR) is 108 cm³/mol. The maximum Gasteiger partial charge on any atom is 0.417 e. The summed E-state index contributed by atoms with van der Waals surface area (Å²) < 4.78 is 52.4. The van der Waals surface area contributed by atoms with E-state index in [0.717, 1.165) is 25.5 Å². The largest absolute Gasteiger partial charge is 0.417 e. The summed E-state index contributed by atoms with van der Waals surface area (Å²) in [6, 6.07) is 1.10. The summed E-state index contributed by atoms with van der Waals surface area (Å²) >= 11 is 0. The minimum atomic E-state index is -4.55. The molecular formula is C22H28F3N3O3. The SMILES string of the molecule is CC(C)c1cc(C(F)(F)F)c2c([C@H]3CCCN(C(=O)CC[C@@H]4CCCO4)C3)noc2n1. The predicted octanol–water partition coefficient (Wildman–Crippen LogP) is 5.03. The molecular weight excluding hydrogens is 411 g/mol. The molecule has 6 nitrogen and oxygen atoms in total. The third kappa shape index (κ3) is 4.71. The summed E-state index contributed by atoms with van der Waals surface area (Å²) in [5, 5.41) is 3.93. The number of fused-ring (bicyclic) bond motifs is 1. The number of likely N-dealkylation sites (tertiary alicyclic amines) is 1. The molecule has 0 aromatic carbocycles. The van der Waals surface area contributed by atoms with Gasteiger partial charge in [0.2, 0.25) is 5.91 Å². The first-order valence-electron chi connectivity index (χ1n) is 11.0. The van der Waals surface area contributed by atoms with Crippen molar-refractivity contribution in [2.75, 3.05) is 19.7 Å². The van der Waals surface area contributed by atoms with Crippen LogP contribution in [0.5, 0.6) is 0 Å². The lowest BCUT2D eigenvalue weighted by Gasteiger charge is -2.32. The van der Waals surface area contributed by atoms with Crippen molar-refractivity contribution in [3.05, 3.63) is 23.0 Å². The van der Waals surface area contributed by atoms with Crippen LogP contribution >= 0.6 is 0 Å². The second kappa shape index (κ2) is 8.76. The fraction of sp³-hybridized carbons (Fsp3) is 0.682. The quantitative estimate of drug-likeness (QED) is 0.654. The molecule has 0 radical (unpaired) electrons. The van der Waals surface area contributed by atoms with Gasteiger partial charge in [0.1, 0.15) is 0 Å². The summed E-state index contributed by atoms with van der Waals surface area (Å²) in [5.74, 6) is -0.468. The molecule has 0 spiro atoms. The highest BCUT2D eigenvalue weighted by Crippen LogP contribution is 2.40. The Morgan fingerprint density at radius 3 is 2.77 bits per heavy atom. The van der Waals surface area contributed by atoms with Gasteiger partial charge in [-0.1, -0.05) is 19.0 Å². The van der Waals surface area contributed by atoms with Crippen LogP contribution in [0.15, 0.2) is 10.6 Å². The highest BCUT2D eigenvalue weighted by Gasteiger charge is 2.38. The van der Waals surface area contributed by atoms with E-state index in [4.69, 9.17) is 9.26 Å². The zero-order valence-corrected chi connectivity index (χ0v) is 17.9. The van der Waals surface area contributed by atoms with E-state index in [1.54, 1.807) is 18.7 Å². The van der Waals surface area contributed by atoms with Crippen LogP contribution in [0.25, 0.3) is 11.1 Å². The molecule has 2 atom stereocenters. The number of nitrogens with zero attached hydrogens (tertiary/aromatic N) is 3. The first-order valence-corrected chi connectivity index (χ1v) is 11.0. The monoisotopic (exact) mass is 439 g/mol. The number of carbonyl (C=O) groups excluding carboxylic acids is 1. The number of hydrogen-bond donors (Lipinski definition) is 0. The van der Waals surface area contributed by atoms with E-state index in [2.05, 4.69) is 10.1 Å². The van der Waals surface area contributed by atoms with Gasteiger partial charge in [0.15, 0.2) is 0 Å². The van der Waals surface area contributed by atoms with Crippen LogP contribution in [0.3, 0.4) is 0 Å². The molecule has 0 saturated carbocycles. The van der Waals surface area contributed by atoms with E-state index in [-0.39, 0.29) is 40.6 Å². The number of halogens is 3. The lowest BCUT2D eigenvalue weighted by molar-refractivity contribution is -0.136. The average molecular weight is 439 g/mol. The van der Waals surface area contributed by atoms with Gasteiger partial charge in [0, 0.05) is 37.7 Å². The van der Waals surface area contributed by atoms with Gasteiger partial charge >= 0.3 is 6.18 Å². The van der Waals surface area contributed by atoms with Gasteiger partial charge in [-0.05, 0) is 44.1 Å². The molecule has 4 rings (SSSR count). The van der Waals surface area contributed by atoms with Gasteiger partial charge < -0.3 is 14.2 Å². The van der Waals surface area contributed by atoms with Crippen molar-refractivity contribution in [3.63, 3.8) is 0 Å². The van der Waals surface area contributed by atoms with Gasteiger partial charge in [-0.25, -0.2) is 4.98 Å². The topological polar surface area (TPSA) is 68.5 Å². The van der Waals surface area contributed by atoms with E-state index in [0.29, 0.717) is 44.5 Å². The summed E-state index contributed by atoms with van der Waals surface area (Å²) in [4.78, 5) is 18.7. The number of hydrogen-bond acceptors (Lipinski definition) is 5. The van der Waals surface area contributed by atoms with Gasteiger partial charge in [-0.3, -0.25) is 4.79 Å². The van der Waals surface area contributed by atoms with E-state index < -0.39 is 11.7 Å². The number of amides is 1. The third-order valence-corrected chi connectivity index (χ3v) is 6.25. The molecule has 0 aliphatic carbocycles. The molecule has 4 heterocycles. The minimum absolute atomic E-state index is 0.0178. The van der Waals surface area contributed by atoms with E-state index in [1.165, 1.54) is 0 Å². The van der Waals surface area contributed by atoms with Crippen molar-refractivity contribution >= 4 is 17.0 Å². The number of ether oxygens (including phenoxy) is 1. The van der Waals surface area contributed by atoms with E-state index in [9.17, 15) is 18.0 Å². The van der Waals surface area contributed by atoms with Crippen LogP contribution in [0.2, 0.25) is 0 Å². The highest BCUT2D eigenvalue weighted by molar-refractivity contribution is 5.82. The van der Waals surface area contributed by atoms with Crippen LogP contribution in [-0.2, 0) is 15.7 Å². The molecule has 0 unspecified atom stereocenters. The Morgan fingerprint density at radius 2 is 2.10 bits per heavy atom. The molecule has 31 heavy (non-hydrogen) atoms. The first-order chi connectivity index (χ1) is 14.7. The Kier molecular flexibility index (Phi) is 6.23. The standard InChI is InChI=1S/C22H28F3N3O3/c1-13(2)17-11-16(22(23,24)25)19-20(27-31-21(19)26-17)14-5-3-9-28(12-14)18(29)8-7-15-6-4-10-30-15/h11,13-15H,3-10,12H2,1-2H3/t14-,15-/m0/s1. The van der Waals surface area contributed by atoms with Crippen molar-refractivity contribution in [2.24, 2.45) is 0 Å². The average Bonchev–Trinajstić information content (AvgIpc) is 3.40. The van der Waals surface area contributed by atoms with Crippen LogP contribution in [0.4, 0.5) is 13.2 Å². The maximum absolute atomic E-state index is 13.9. The molecule has 2 aromatic rings. The Balaban J connectivity index is 1.57. The van der Waals surface area contributed by atoms with Gasteiger partial charge in [0.25, 0.3) is 5.71 Å². The second-order valence-electron chi connectivity index (χ2n) is 8.85. The van der Waals surface area contributed by atoms with Gasteiger partial charge in [-0.2, -0.15) is 13.2 Å². The number of alkyl halides is 3. The van der Waals surface area contributed by atoms with Crippen LogP contribution in [0.1, 0.15) is 81.2 Å². The highest BCUT2D eigenvalue weighted by atomic mass is 19.4. The molecule has 2 fully saturated rings. The number of aromatic nitrogens is 2. The molecule has 0 bridgehead atoms. The first kappa shape index (κ1) is 22.0. The molecule has 0 N–H and O–H groups in total. The lowest BCUT2D eigenvalue weighted by Crippen LogP contribution is -2.39. The van der Waals surface area contributed by atoms with Crippen LogP contribution in [0, 0.1) is 0 Å². The summed E-state index contributed by atoms with van der Waals surface area (Å²) in [7, 11) is 0. The van der Waals surface area contributed by atoms with Crippen molar-refractivity contribution in [3.8, 4) is 0 Å². The maximum atomic E-state index is 13.9. The molecule has 9 heteroatoms. The van der Waals surface area contributed by atoms with Crippen LogP contribution < -0.4 is 0 Å². The number of pyridine rings is 1. The molecule has 170 valence electrons. The number of carbonyl (C=O) groups is 1. The fourth-order valence-corrected chi connectivity index (χ4v) is 4.53. The molecule has 2 aliphatic heterocycles. The molecule has 2 saturated heterocycles. The Bertz CT molecular complexity index is 935. The van der Waals surface area contributed by atoms with Gasteiger partial charge in [0.05, 0.1) is 22.7 Å². The Hall–Kier alpha value is -2.16. The smallest absolute Gasteiger partial charge is 0.378 e. The summed E-state index contributed by atoms with van der Waals surface area (Å²) in [5.41, 5.74) is -0.284. The van der Waals surface area contributed by atoms with Crippen molar-refractivity contribution in [2.45, 2.75) is 76.5 Å². The van der Waals surface area contributed by atoms with Crippen molar-refractivity contribution in [1.29, 1.82) is 0 Å². The second-order valence-corrected chi connectivity index (χ2v) is 8.85. The number of rotatable bonds is 5. The minimum Gasteiger partial charge on any atom is -0.378 e. The molecule has 1 amide bonds. The van der Waals surface area contributed by atoms with Crippen molar-refractivity contribution < 1.29 is 27.2 Å². The van der Waals surface area contributed by atoms with E-state index >= 15 is 0 Å². The zero-order chi connectivity index (χ0) is 22.2. The Labute approximate surface area is 179 Å². The summed E-state index contributed by atoms with van der Waals surface area (Å²) in [6.07, 6.45) is 0.0432. The molecule has 2 aromatic heterocycles. The van der Waals surface area contributed by atoms with Gasteiger partial charge in [-0.15, -0.1) is 0 Å². The summed E-state index contributed by atoms with van der Waals surface area (Å²) in [6.45, 7) is 5.27.